The van der Waals surface area contributed by atoms with E-state index in [-0.39, 0.29) is 17.4 Å². The van der Waals surface area contributed by atoms with Gasteiger partial charge >= 0.3 is 0 Å². The highest BCUT2D eigenvalue weighted by Crippen LogP contribution is 2.16. The first-order valence-corrected chi connectivity index (χ1v) is 5.62. The molecule has 98 valence electrons. The van der Waals surface area contributed by atoms with Crippen LogP contribution in [0.2, 0.25) is 0 Å². The molecule has 0 radical (unpaired) electrons. The molecule has 1 aromatic carbocycles. The van der Waals surface area contributed by atoms with E-state index >= 15 is 0 Å². The Bertz CT molecular complexity index is 586. The minimum absolute atomic E-state index is 0.172. The number of nitrogens with two attached hydrogens (primary N) is 1. The molecule has 0 unspecified atom stereocenters. The number of nitrogens with one attached hydrogen (secondary N) is 1. The number of nitrogen functional groups attached to an aromatic ring is 1. The number of rotatable bonds is 5. The maximum Gasteiger partial charge on any atom is 0.244 e. The summed E-state index contributed by atoms with van der Waals surface area (Å²) in [4.78, 5) is 7.98. The van der Waals surface area contributed by atoms with Crippen molar-refractivity contribution in [3.05, 3.63) is 47.9 Å². The highest BCUT2D eigenvalue weighted by Gasteiger charge is 2.09. The lowest BCUT2D eigenvalue weighted by Crippen LogP contribution is -2.15. The van der Waals surface area contributed by atoms with Crippen molar-refractivity contribution < 1.29 is 9.47 Å². The standard InChI is InChI=1S/C13H14N4O2/c1-18-10-4-2-3-9(7-10)8-19-13-11(12(14)15)16-5-6-17-13/h2-7H,8H2,1H3,(H3,14,15). The maximum absolute atomic E-state index is 7.40. The number of aromatic nitrogens is 2. The Labute approximate surface area is 110 Å². The monoisotopic (exact) mass is 258 g/mol. The van der Waals surface area contributed by atoms with Crippen LogP contribution in [0.4, 0.5) is 0 Å². The number of nitrogens with zero attached hydrogens (tertiary/aromatic N) is 2. The van der Waals surface area contributed by atoms with Crippen molar-refractivity contribution in [3.63, 3.8) is 0 Å². The summed E-state index contributed by atoms with van der Waals surface area (Å²) in [6.07, 6.45) is 2.96. The quantitative estimate of drug-likeness (QED) is 0.623. The molecule has 0 fully saturated rings. The average Bonchev–Trinajstić information content (AvgIpc) is 2.45. The molecule has 3 N–H and O–H groups in total. The van der Waals surface area contributed by atoms with Gasteiger partial charge in [-0.25, -0.2) is 9.97 Å². The number of ether oxygens (including phenoxy) is 2. The van der Waals surface area contributed by atoms with Crippen LogP contribution in [0.3, 0.4) is 0 Å². The molecular formula is C13H14N4O2. The molecule has 19 heavy (non-hydrogen) atoms. The second-order valence-corrected chi connectivity index (χ2v) is 3.76. The highest BCUT2D eigenvalue weighted by molar-refractivity contribution is 5.94. The number of benzene rings is 1. The molecule has 6 nitrogen and oxygen atoms in total. The summed E-state index contributed by atoms with van der Waals surface area (Å²) in [6.45, 7) is 0.302. The molecule has 1 aromatic heterocycles. The van der Waals surface area contributed by atoms with Crippen molar-refractivity contribution in [1.82, 2.24) is 9.97 Å². The molecule has 2 rings (SSSR count). The van der Waals surface area contributed by atoms with E-state index < -0.39 is 0 Å². The summed E-state index contributed by atoms with van der Waals surface area (Å²) in [7, 11) is 1.61. The van der Waals surface area contributed by atoms with E-state index in [0.717, 1.165) is 11.3 Å². The molecule has 0 saturated heterocycles. The van der Waals surface area contributed by atoms with Crippen LogP contribution in [0.1, 0.15) is 11.3 Å². The van der Waals surface area contributed by atoms with E-state index in [1.807, 2.05) is 24.3 Å². The molecule has 0 aliphatic heterocycles. The topological polar surface area (TPSA) is 94.1 Å². The zero-order valence-electron chi connectivity index (χ0n) is 10.5. The van der Waals surface area contributed by atoms with Gasteiger partial charge in [-0.15, -0.1) is 0 Å². The second kappa shape index (κ2) is 5.81. The molecular weight excluding hydrogens is 244 g/mol. The molecule has 0 atom stereocenters. The van der Waals surface area contributed by atoms with E-state index in [9.17, 15) is 0 Å². The van der Waals surface area contributed by atoms with E-state index in [0.29, 0.717) is 6.61 Å². The van der Waals surface area contributed by atoms with Gasteiger partial charge in [-0.1, -0.05) is 12.1 Å². The molecule has 0 bridgehead atoms. The van der Waals surface area contributed by atoms with E-state index in [1.165, 1.54) is 12.4 Å². The molecule has 0 aliphatic carbocycles. The molecule has 0 saturated carbocycles. The van der Waals surface area contributed by atoms with Gasteiger partial charge in [-0.3, -0.25) is 5.41 Å². The summed E-state index contributed by atoms with van der Waals surface area (Å²) in [6, 6.07) is 7.50. The number of methoxy groups -OCH3 is 1. The van der Waals surface area contributed by atoms with Crippen molar-refractivity contribution in [2.45, 2.75) is 6.61 Å². The van der Waals surface area contributed by atoms with Crippen LogP contribution in [-0.2, 0) is 6.61 Å². The summed E-state index contributed by atoms with van der Waals surface area (Å²) in [5.41, 5.74) is 6.58. The minimum atomic E-state index is -0.172. The van der Waals surface area contributed by atoms with E-state index in [1.54, 1.807) is 7.11 Å². The van der Waals surface area contributed by atoms with E-state index in [2.05, 4.69) is 9.97 Å². The normalized spacial score (nSPS) is 9.95. The Morgan fingerprint density at radius 3 is 2.84 bits per heavy atom. The van der Waals surface area contributed by atoms with Crippen LogP contribution < -0.4 is 15.2 Å². The van der Waals surface area contributed by atoms with Crippen molar-refractivity contribution in [2.75, 3.05) is 7.11 Å². The van der Waals surface area contributed by atoms with Crippen LogP contribution in [0.5, 0.6) is 11.6 Å². The van der Waals surface area contributed by atoms with Crippen molar-refractivity contribution in [2.24, 2.45) is 5.73 Å². The highest BCUT2D eigenvalue weighted by atomic mass is 16.5. The van der Waals surface area contributed by atoms with Crippen LogP contribution >= 0.6 is 0 Å². The third-order valence-electron chi connectivity index (χ3n) is 2.43. The lowest BCUT2D eigenvalue weighted by Gasteiger charge is -2.09. The fourth-order valence-electron chi connectivity index (χ4n) is 1.53. The zero-order valence-corrected chi connectivity index (χ0v) is 10.5. The first kappa shape index (κ1) is 12.8. The third-order valence-corrected chi connectivity index (χ3v) is 2.43. The minimum Gasteiger partial charge on any atom is -0.497 e. The van der Waals surface area contributed by atoms with E-state index in [4.69, 9.17) is 20.6 Å². The predicted molar refractivity (Wildman–Crippen MR) is 70.4 cm³/mol. The molecule has 1 heterocycles. The van der Waals surface area contributed by atoms with Crippen molar-refractivity contribution in [1.29, 1.82) is 5.41 Å². The summed E-state index contributed by atoms with van der Waals surface area (Å²) in [5, 5.41) is 7.40. The fraction of sp³-hybridized carbons (Fsp3) is 0.154. The largest absolute Gasteiger partial charge is 0.497 e. The summed E-state index contributed by atoms with van der Waals surface area (Å²) in [5.74, 6) is 0.832. The third kappa shape index (κ3) is 3.19. The maximum atomic E-state index is 7.40. The smallest absolute Gasteiger partial charge is 0.244 e. The summed E-state index contributed by atoms with van der Waals surface area (Å²) >= 11 is 0. The lowest BCUT2D eigenvalue weighted by molar-refractivity contribution is 0.291. The van der Waals surface area contributed by atoms with Gasteiger partial charge in [0.15, 0.2) is 5.69 Å². The van der Waals surface area contributed by atoms with Gasteiger partial charge in [0.05, 0.1) is 7.11 Å². The number of hydrogen-bond donors (Lipinski definition) is 2. The average molecular weight is 258 g/mol. The molecule has 0 aliphatic rings. The molecule has 0 amide bonds. The number of hydrogen-bond acceptors (Lipinski definition) is 5. The summed E-state index contributed by atoms with van der Waals surface area (Å²) < 4.78 is 10.7. The van der Waals surface area contributed by atoms with Gasteiger partial charge < -0.3 is 15.2 Å². The molecule has 2 aromatic rings. The predicted octanol–water partition coefficient (Wildman–Crippen LogP) is 1.35. The van der Waals surface area contributed by atoms with Gasteiger partial charge in [0.25, 0.3) is 0 Å². The van der Waals surface area contributed by atoms with Gasteiger partial charge in [0.1, 0.15) is 18.2 Å². The second-order valence-electron chi connectivity index (χ2n) is 3.76. The molecule has 6 heteroatoms. The first-order chi connectivity index (χ1) is 9.20. The van der Waals surface area contributed by atoms with Crippen LogP contribution in [0.15, 0.2) is 36.7 Å². The van der Waals surface area contributed by atoms with Gasteiger partial charge in [0.2, 0.25) is 5.88 Å². The first-order valence-electron chi connectivity index (χ1n) is 5.62. The van der Waals surface area contributed by atoms with Crippen molar-refractivity contribution in [3.8, 4) is 11.6 Å². The van der Waals surface area contributed by atoms with Crippen LogP contribution in [0.25, 0.3) is 0 Å². The Morgan fingerprint density at radius 2 is 2.11 bits per heavy atom. The van der Waals surface area contributed by atoms with Gasteiger partial charge in [0, 0.05) is 12.4 Å². The molecule has 0 spiro atoms. The lowest BCUT2D eigenvalue weighted by atomic mass is 10.2. The van der Waals surface area contributed by atoms with Gasteiger partial charge in [-0.05, 0) is 17.7 Å². The van der Waals surface area contributed by atoms with Crippen LogP contribution in [0, 0.1) is 5.41 Å². The Kier molecular flexibility index (Phi) is 3.92. The Morgan fingerprint density at radius 1 is 1.32 bits per heavy atom. The van der Waals surface area contributed by atoms with Crippen molar-refractivity contribution >= 4 is 5.84 Å². The van der Waals surface area contributed by atoms with Crippen LogP contribution in [-0.4, -0.2) is 22.9 Å². The zero-order chi connectivity index (χ0) is 13.7. The SMILES string of the molecule is COc1cccc(COc2nccnc2C(=N)N)c1. The number of amidine groups is 1. The van der Waals surface area contributed by atoms with Gasteiger partial charge in [-0.2, -0.15) is 0 Å². The Hall–Kier alpha value is -2.63. The Balaban J connectivity index is 2.12. The fourth-order valence-corrected chi connectivity index (χ4v) is 1.53.